The van der Waals surface area contributed by atoms with Crippen molar-refractivity contribution in [2.75, 3.05) is 23.0 Å². The van der Waals surface area contributed by atoms with Gasteiger partial charge < -0.3 is 20.7 Å². The summed E-state index contributed by atoms with van der Waals surface area (Å²) in [5.74, 6) is -0.0875. The van der Waals surface area contributed by atoms with Crippen molar-refractivity contribution >= 4 is 69.1 Å². The number of nitrogens with zero attached hydrogens (tertiary/aromatic N) is 1. The fourth-order valence-electron chi connectivity index (χ4n) is 3.98. The molecule has 5 rings (SSSR count). The third-order valence-electron chi connectivity index (χ3n) is 6.06. The molecule has 0 radical (unpaired) electrons. The first-order chi connectivity index (χ1) is 21.5. The second-order valence-corrected chi connectivity index (χ2v) is 11.9. The predicted octanol–water partition coefficient (Wildman–Crippen LogP) is 7.41. The molecule has 44 heavy (non-hydrogen) atoms. The van der Waals surface area contributed by atoms with E-state index in [2.05, 4.69) is 20.9 Å². The Kier molecular flexibility index (Phi) is 10.6. The minimum Gasteiger partial charge on any atom is -0.494 e. The normalized spacial score (nSPS) is 11.1. The van der Waals surface area contributed by atoms with Crippen LogP contribution in [-0.4, -0.2) is 35.1 Å². The number of aromatic nitrogens is 1. The van der Waals surface area contributed by atoms with E-state index in [9.17, 15) is 14.4 Å². The van der Waals surface area contributed by atoms with Crippen LogP contribution in [0.4, 0.5) is 10.8 Å². The lowest BCUT2D eigenvalue weighted by Gasteiger charge is -2.12. The van der Waals surface area contributed by atoms with Crippen LogP contribution in [0.5, 0.6) is 5.75 Å². The largest absolute Gasteiger partial charge is 0.494 e. The highest BCUT2D eigenvalue weighted by atomic mass is 32.2. The number of nitrogens with one attached hydrogen (secondary N) is 3. The number of benzene rings is 3. The zero-order valence-corrected chi connectivity index (χ0v) is 26.1. The molecule has 0 saturated carbocycles. The van der Waals surface area contributed by atoms with E-state index in [4.69, 9.17) is 4.74 Å². The number of thioether (sulfide) groups is 1. The highest BCUT2D eigenvalue weighted by molar-refractivity contribution is 8.00. The van der Waals surface area contributed by atoms with Crippen LogP contribution in [0.3, 0.4) is 0 Å². The number of ether oxygens (including phenoxy) is 1. The molecular formula is C33H28N4O4S3. The monoisotopic (exact) mass is 640 g/mol. The van der Waals surface area contributed by atoms with Crippen LogP contribution in [0, 0.1) is 0 Å². The predicted molar refractivity (Wildman–Crippen MR) is 179 cm³/mol. The van der Waals surface area contributed by atoms with Crippen LogP contribution >= 0.6 is 34.4 Å². The minimum atomic E-state index is -0.465. The van der Waals surface area contributed by atoms with Gasteiger partial charge in [-0.2, -0.15) is 11.3 Å². The molecule has 0 bridgehead atoms. The Morgan fingerprint density at radius 3 is 2.50 bits per heavy atom. The number of hydrogen-bond acceptors (Lipinski definition) is 8. The van der Waals surface area contributed by atoms with Crippen LogP contribution in [0.25, 0.3) is 17.3 Å². The lowest BCUT2D eigenvalue weighted by Crippen LogP contribution is -2.30. The molecule has 0 fully saturated rings. The molecule has 5 aromatic rings. The van der Waals surface area contributed by atoms with Gasteiger partial charge in [0.2, 0.25) is 5.91 Å². The quantitative estimate of drug-likeness (QED) is 0.0968. The average molecular weight is 641 g/mol. The standard InChI is InChI=1S/C33H28N4O4S3/c1-2-41-26-13-11-23(12-14-26)29-20-44-33(36-29)37-30(38)21-43-27-10-6-9-25(18-27)34-32(40)28(17-22-15-16-42-19-22)35-31(39)24-7-4-3-5-8-24/h3-20H,2,21H2,1H3,(H,34,40)(H,35,39)(H,36,37,38)/b28-17-. The van der Waals surface area contributed by atoms with Crippen LogP contribution < -0.4 is 20.7 Å². The summed E-state index contributed by atoms with van der Waals surface area (Å²) in [4.78, 5) is 44.1. The molecule has 222 valence electrons. The lowest BCUT2D eigenvalue weighted by molar-refractivity contribution is -0.114. The summed E-state index contributed by atoms with van der Waals surface area (Å²) in [6, 6.07) is 25.4. The fourth-order valence-corrected chi connectivity index (χ4v) is 6.09. The Bertz CT molecular complexity index is 1750. The molecule has 2 heterocycles. The molecule has 3 aromatic carbocycles. The molecule has 3 amide bonds. The lowest BCUT2D eigenvalue weighted by atomic mass is 10.2. The molecule has 8 nitrogen and oxygen atoms in total. The second-order valence-electron chi connectivity index (χ2n) is 9.25. The number of carbonyl (C=O) groups is 3. The van der Waals surface area contributed by atoms with Crippen molar-refractivity contribution in [3.05, 3.63) is 118 Å². The maximum atomic E-state index is 13.3. The van der Waals surface area contributed by atoms with Crippen LogP contribution in [-0.2, 0) is 9.59 Å². The molecule has 0 atom stereocenters. The fraction of sp³-hybridized carbons (Fsp3) is 0.0909. The number of rotatable bonds is 12. The van der Waals surface area contributed by atoms with Crippen molar-refractivity contribution < 1.29 is 19.1 Å². The van der Waals surface area contributed by atoms with E-state index >= 15 is 0 Å². The van der Waals surface area contributed by atoms with Gasteiger partial charge in [-0.25, -0.2) is 4.98 Å². The molecule has 0 aliphatic heterocycles. The number of thiazole rings is 1. The zero-order valence-electron chi connectivity index (χ0n) is 23.6. The van der Waals surface area contributed by atoms with E-state index in [1.807, 2.05) is 65.5 Å². The highest BCUT2D eigenvalue weighted by Crippen LogP contribution is 2.27. The Morgan fingerprint density at radius 2 is 1.75 bits per heavy atom. The van der Waals surface area contributed by atoms with Crippen LogP contribution in [0.15, 0.2) is 112 Å². The van der Waals surface area contributed by atoms with Crippen molar-refractivity contribution in [2.24, 2.45) is 0 Å². The first-order valence-corrected chi connectivity index (χ1v) is 16.4. The first-order valence-electron chi connectivity index (χ1n) is 13.6. The summed E-state index contributed by atoms with van der Waals surface area (Å²) in [7, 11) is 0. The Labute approximate surface area is 267 Å². The Morgan fingerprint density at radius 1 is 0.932 bits per heavy atom. The average Bonchev–Trinajstić information content (AvgIpc) is 3.73. The third kappa shape index (κ3) is 8.66. The van der Waals surface area contributed by atoms with Gasteiger partial charge in [-0.3, -0.25) is 14.4 Å². The maximum absolute atomic E-state index is 13.3. The summed E-state index contributed by atoms with van der Waals surface area (Å²) >= 11 is 4.19. The zero-order chi connectivity index (χ0) is 30.7. The summed E-state index contributed by atoms with van der Waals surface area (Å²) in [5.41, 5.74) is 3.60. The Balaban J connectivity index is 1.18. The van der Waals surface area contributed by atoms with Crippen LogP contribution in [0.2, 0.25) is 0 Å². The first kappa shape index (κ1) is 30.7. The molecule has 0 saturated heterocycles. The van der Waals surface area contributed by atoms with Gasteiger partial charge in [-0.05, 0) is 90.0 Å². The number of amides is 3. The van der Waals surface area contributed by atoms with Gasteiger partial charge >= 0.3 is 0 Å². The van der Waals surface area contributed by atoms with Gasteiger partial charge in [0.15, 0.2) is 5.13 Å². The van der Waals surface area contributed by atoms with Gasteiger partial charge in [-0.1, -0.05) is 24.3 Å². The van der Waals surface area contributed by atoms with Gasteiger partial charge in [-0.15, -0.1) is 23.1 Å². The van der Waals surface area contributed by atoms with Gasteiger partial charge in [0.05, 0.1) is 18.1 Å². The van der Waals surface area contributed by atoms with Gasteiger partial charge in [0.1, 0.15) is 11.4 Å². The molecule has 3 N–H and O–H groups in total. The minimum absolute atomic E-state index is 0.114. The van der Waals surface area contributed by atoms with Crippen molar-refractivity contribution in [2.45, 2.75) is 11.8 Å². The van der Waals surface area contributed by atoms with Crippen molar-refractivity contribution in [1.29, 1.82) is 0 Å². The van der Waals surface area contributed by atoms with Gasteiger partial charge in [0, 0.05) is 27.1 Å². The maximum Gasteiger partial charge on any atom is 0.272 e. The summed E-state index contributed by atoms with van der Waals surface area (Å²) in [6.45, 7) is 2.54. The third-order valence-corrected chi connectivity index (χ3v) is 8.51. The smallest absolute Gasteiger partial charge is 0.272 e. The summed E-state index contributed by atoms with van der Waals surface area (Å²) < 4.78 is 5.49. The molecule has 0 aliphatic rings. The van der Waals surface area contributed by atoms with Gasteiger partial charge in [0.25, 0.3) is 11.8 Å². The van der Waals surface area contributed by atoms with Crippen molar-refractivity contribution in [3.63, 3.8) is 0 Å². The molecule has 11 heteroatoms. The molecular weight excluding hydrogens is 613 g/mol. The van der Waals surface area contributed by atoms with Crippen molar-refractivity contribution in [1.82, 2.24) is 10.3 Å². The van der Waals surface area contributed by atoms with Crippen LogP contribution in [0.1, 0.15) is 22.8 Å². The molecule has 2 aromatic heterocycles. The highest BCUT2D eigenvalue weighted by Gasteiger charge is 2.16. The van der Waals surface area contributed by atoms with E-state index in [1.165, 1.54) is 34.4 Å². The topological polar surface area (TPSA) is 109 Å². The second kappa shape index (κ2) is 15.1. The van der Waals surface area contributed by atoms with E-state index in [1.54, 1.807) is 48.5 Å². The van der Waals surface area contributed by atoms with E-state index in [-0.39, 0.29) is 23.3 Å². The van der Waals surface area contributed by atoms with Crippen molar-refractivity contribution in [3.8, 4) is 17.0 Å². The summed E-state index contributed by atoms with van der Waals surface area (Å²) in [5, 5.41) is 14.6. The SMILES string of the molecule is CCOc1ccc(-c2csc(NC(=O)CSc3cccc(NC(=O)/C(=C/c4ccsc4)NC(=O)c4ccccc4)c3)n2)cc1. The molecule has 0 spiro atoms. The number of anilines is 2. The van der Waals surface area contributed by atoms with E-state index < -0.39 is 5.91 Å². The number of thiophene rings is 1. The Hall–Kier alpha value is -4.71. The number of hydrogen-bond donors (Lipinski definition) is 3. The summed E-state index contributed by atoms with van der Waals surface area (Å²) in [6.07, 6.45) is 1.63. The molecule has 0 aliphatic carbocycles. The number of carbonyl (C=O) groups excluding carboxylic acids is 3. The molecule has 0 unspecified atom stereocenters. The van der Waals surface area contributed by atoms with E-state index in [0.717, 1.165) is 27.5 Å². The van der Waals surface area contributed by atoms with E-state index in [0.29, 0.717) is 23.0 Å².